The van der Waals surface area contributed by atoms with Crippen molar-refractivity contribution in [1.82, 2.24) is 0 Å². The maximum Gasteiger partial charge on any atom is 0.199 e. The van der Waals surface area contributed by atoms with Crippen molar-refractivity contribution >= 4 is 5.78 Å². The summed E-state index contributed by atoms with van der Waals surface area (Å²) in [6.07, 6.45) is 13.2. The number of aliphatic hydroxyl groups excluding tert-OH is 1. The van der Waals surface area contributed by atoms with E-state index in [4.69, 9.17) is 4.74 Å². The number of allylic oxidation sites excluding steroid dienone is 2. The Bertz CT molecular complexity index is 766. The first-order valence-electron chi connectivity index (χ1n) is 12.0. The highest BCUT2D eigenvalue weighted by Crippen LogP contribution is 2.67. The van der Waals surface area contributed by atoms with E-state index in [1.54, 1.807) is 11.6 Å². The van der Waals surface area contributed by atoms with Crippen LogP contribution in [0.2, 0.25) is 0 Å². The number of ketones is 1. The van der Waals surface area contributed by atoms with E-state index in [2.05, 4.69) is 26.8 Å². The Morgan fingerprint density at radius 2 is 1.93 bits per heavy atom. The summed E-state index contributed by atoms with van der Waals surface area (Å²) < 4.78 is 5.95. The number of hydrogen-bond donors (Lipinski definition) is 1. The molecule has 1 heterocycles. The topological polar surface area (TPSA) is 46.5 Å². The number of ether oxygens (including phenoxy) is 1. The van der Waals surface area contributed by atoms with Crippen LogP contribution >= 0.6 is 0 Å². The third-order valence-electron chi connectivity index (χ3n) is 10.2. The number of hydrogen-bond acceptors (Lipinski definition) is 3. The van der Waals surface area contributed by atoms with Crippen LogP contribution in [0.25, 0.3) is 0 Å². The van der Waals surface area contributed by atoms with Gasteiger partial charge < -0.3 is 9.84 Å². The highest BCUT2D eigenvalue weighted by Gasteiger charge is 2.60. The van der Waals surface area contributed by atoms with Crippen molar-refractivity contribution in [3.8, 4) is 0 Å². The lowest BCUT2D eigenvalue weighted by Gasteiger charge is -2.58. The predicted molar refractivity (Wildman–Crippen MR) is 114 cm³/mol. The zero-order valence-electron chi connectivity index (χ0n) is 18.6. The Kier molecular flexibility index (Phi) is 4.59. The minimum absolute atomic E-state index is 0.127. The quantitative estimate of drug-likeness (QED) is 0.631. The summed E-state index contributed by atoms with van der Waals surface area (Å²) in [5.74, 6) is 4.14. The molecule has 160 valence electrons. The van der Waals surface area contributed by atoms with Crippen molar-refractivity contribution in [2.45, 2.75) is 91.3 Å². The standard InChI is InChI=1S/C26H38O3/c1-15-13-23(28)24(29-15)16(2)20-7-8-21-19-6-5-17-14-18(27)9-11-25(17,3)22(19)10-12-26(20,21)4/h5,13,16,18-22,24,27H,6-12,14H2,1-4H3/t16-,18-,19-,20+,21-,22-,24?,25-,26+/m0/s1. The fourth-order valence-corrected chi connectivity index (χ4v) is 8.70. The highest BCUT2D eigenvalue weighted by molar-refractivity contribution is 5.96. The van der Waals surface area contributed by atoms with Crippen LogP contribution in [-0.2, 0) is 9.53 Å². The summed E-state index contributed by atoms with van der Waals surface area (Å²) in [7, 11) is 0. The van der Waals surface area contributed by atoms with Crippen molar-refractivity contribution in [3.63, 3.8) is 0 Å². The SMILES string of the molecule is CC1=CC(=O)C([C@@H](C)[C@H]2CC[C@H]3[C@@H]4CC=C5C[C@@H](O)CC[C@]5(C)[C@H]4CC[C@]23C)O1. The minimum atomic E-state index is -0.261. The molecule has 3 fully saturated rings. The Balaban J connectivity index is 1.39. The van der Waals surface area contributed by atoms with Gasteiger partial charge in [0.2, 0.25) is 0 Å². The second-order valence-electron chi connectivity index (χ2n) is 11.4. The number of fused-ring (bicyclic) bond motifs is 5. The van der Waals surface area contributed by atoms with Crippen LogP contribution < -0.4 is 0 Å². The maximum atomic E-state index is 12.5. The van der Waals surface area contributed by atoms with Crippen molar-refractivity contribution in [1.29, 1.82) is 0 Å². The van der Waals surface area contributed by atoms with Gasteiger partial charge in [0.15, 0.2) is 11.9 Å². The number of carbonyl (C=O) groups excluding carboxylic acids is 1. The molecule has 5 rings (SSSR count). The van der Waals surface area contributed by atoms with Gasteiger partial charge in [0.1, 0.15) is 0 Å². The second kappa shape index (κ2) is 6.70. The first-order chi connectivity index (χ1) is 13.7. The first kappa shape index (κ1) is 19.8. The lowest BCUT2D eigenvalue weighted by molar-refractivity contribution is -0.126. The maximum absolute atomic E-state index is 12.5. The summed E-state index contributed by atoms with van der Waals surface area (Å²) in [4.78, 5) is 12.5. The van der Waals surface area contributed by atoms with Crippen molar-refractivity contribution in [2.24, 2.45) is 40.4 Å². The van der Waals surface area contributed by atoms with E-state index in [0.29, 0.717) is 16.7 Å². The van der Waals surface area contributed by atoms with E-state index >= 15 is 0 Å². The summed E-state index contributed by atoms with van der Waals surface area (Å²) in [5, 5.41) is 10.2. The van der Waals surface area contributed by atoms with Crippen LogP contribution in [0.1, 0.15) is 79.1 Å². The molecule has 5 aliphatic rings. The lowest BCUT2D eigenvalue weighted by atomic mass is 9.47. The predicted octanol–water partition coefficient (Wildman–Crippen LogP) is 5.43. The van der Waals surface area contributed by atoms with Crippen LogP contribution in [-0.4, -0.2) is 23.1 Å². The molecule has 1 aliphatic heterocycles. The summed E-state index contributed by atoms with van der Waals surface area (Å²) >= 11 is 0. The van der Waals surface area contributed by atoms with Crippen LogP contribution in [0.5, 0.6) is 0 Å². The van der Waals surface area contributed by atoms with E-state index < -0.39 is 0 Å². The molecule has 0 bridgehead atoms. The number of rotatable bonds is 2. The minimum Gasteiger partial charge on any atom is -0.487 e. The van der Waals surface area contributed by atoms with E-state index in [9.17, 15) is 9.90 Å². The molecule has 0 aromatic carbocycles. The molecule has 9 atom stereocenters. The molecule has 1 unspecified atom stereocenters. The average molecular weight is 399 g/mol. The van der Waals surface area contributed by atoms with E-state index in [1.807, 2.05) is 6.92 Å². The summed E-state index contributed by atoms with van der Waals surface area (Å²) in [5.41, 5.74) is 2.19. The molecule has 0 aromatic rings. The van der Waals surface area contributed by atoms with Gasteiger partial charge >= 0.3 is 0 Å². The molecule has 1 N–H and O–H groups in total. The molecule has 3 heteroatoms. The molecule has 0 spiro atoms. The van der Waals surface area contributed by atoms with Crippen molar-refractivity contribution < 1.29 is 14.6 Å². The molecule has 3 saturated carbocycles. The third kappa shape index (κ3) is 2.82. The van der Waals surface area contributed by atoms with Crippen LogP contribution in [0, 0.1) is 40.4 Å². The smallest absolute Gasteiger partial charge is 0.199 e. The van der Waals surface area contributed by atoms with Gasteiger partial charge in [-0.05, 0) is 92.8 Å². The molecule has 4 aliphatic carbocycles. The van der Waals surface area contributed by atoms with E-state index in [0.717, 1.165) is 42.8 Å². The fraction of sp³-hybridized carbons (Fsp3) is 0.808. The van der Waals surface area contributed by atoms with Gasteiger partial charge in [0.05, 0.1) is 11.9 Å². The molecule has 29 heavy (non-hydrogen) atoms. The van der Waals surface area contributed by atoms with Gasteiger partial charge in [-0.2, -0.15) is 0 Å². The van der Waals surface area contributed by atoms with Crippen molar-refractivity contribution in [2.75, 3.05) is 0 Å². The summed E-state index contributed by atoms with van der Waals surface area (Å²) in [6.45, 7) is 9.21. The Morgan fingerprint density at radius 3 is 2.66 bits per heavy atom. The Hall–Kier alpha value is -1.09. The number of carbonyl (C=O) groups is 1. The average Bonchev–Trinajstić information content (AvgIpc) is 3.20. The van der Waals surface area contributed by atoms with Gasteiger partial charge in [0.25, 0.3) is 0 Å². The van der Waals surface area contributed by atoms with Gasteiger partial charge in [-0.15, -0.1) is 0 Å². The highest BCUT2D eigenvalue weighted by atomic mass is 16.5. The van der Waals surface area contributed by atoms with Gasteiger partial charge in [-0.3, -0.25) is 4.79 Å². The van der Waals surface area contributed by atoms with Gasteiger partial charge in [0, 0.05) is 12.0 Å². The monoisotopic (exact) mass is 398 g/mol. The summed E-state index contributed by atoms with van der Waals surface area (Å²) in [6, 6.07) is 0. The number of aliphatic hydroxyl groups is 1. The van der Waals surface area contributed by atoms with Crippen LogP contribution in [0.15, 0.2) is 23.5 Å². The molecule has 0 radical (unpaired) electrons. The van der Waals surface area contributed by atoms with Gasteiger partial charge in [-0.1, -0.05) is 32.4 Å². The van der Waals surface area contributed by atoms with E-state index in [1.165, 1.54) is 32.1 Å². The molecule has 0 amide bonds. The molecular weight excluding hydrogens is 360 g/mol. The second-order valence-corrected chi connectivity index (χ2v) is 11.4. The van der Waals surface area contributed by atoms with E-state index in [-0.39, 0.29) is 23.9 Å². The molecule has 0 aromatic heterocycles. The zero-order chi connectivity index (χ0) is 20.6. The largest absolute Gasteiger partial charge is 0.487 e. The fourth-order valence-electron chi connectivity index (χ4n) is 8.70. The lowest BCUT2D eigenvalue weighted by Crippen LogP contribution is -2.51. The Morgan fingerprint density at radius 1 is 1.14 bits per heavy atom. The normalized spacial score (nSPS) is 50.0. The van der Waals surface area contributed by atoms with Crippen molar-refractivity contribution in [3.05, 3.63) is 23.5 Å². The molecule has 3 nitrogen and oxygen atoms in total. The van der Waals surface area contributed by atoms with Crippen LogP contribution in [0.4, 0.5) is 0 Å². The van der Waals surface area contributed by atoms with Crippen LogP contribution in [0.3, 0.4) is 0 Å². The molecular formula is C26H38O3. The third-order valence-corrected chi connectivity index (χ3v) is 10.2. The first-order valence-corrected chi connectivity index (χ1v) is 12.0. The zero-order valence-corrected chi connectivity index (χ0v) is 18.6. The molecule has 0 saturated heterocycles. The Labute approximate surface area is 176 Å². The van der Waals surface area contributed by atoms with Gasteiger partial charge in [-0.25, -0.2) is 0 Å².